The van der Waals surface area contributed by atoms with Crippen molar-refractivity contribution in [2.75, 3.05) is 20.4 Å². The monoisotopic (exact) mass is 265 g/mol. The van der Waals surface area contributed by atoms with Crippen LogP contribution in [0.2, 0.25) is 0 Å². The molecule has 1 aliphatic heterocycles. The summed E-state index contributed by atoms with van der Waals surface area (Å²) in [6.07, 6.45) is 0.163. The molecule has 6 nitrogen and oxygen atoms in total. The summed E-state index contributed by atoms with van der Waals surface area (Å²) < 4.78 is 10.4. The Kier molecular flexibility index (Phi) is 3.89. The average Bonchev–Trinajstić information content (AvgIpc) is 2.83. The van der Waals surface area contributed by atoms with Crippen LogP contribution in [0.15, 0.2) is 18.2 Å². The summed E-state index contributed by atoms with van der Waals surface area (Å²) in [5, 5.41) is 8.57. The minimum absolute atomic E-state index is 0.0522. The van der Waals surface area contributed by atoms with Crippen molar-refractivity contribution >= 4 is 11.9 Å². The number of nitrogens with zero attached hydrogens (tertiary/aromatic N) is 1. The summed E-state index contributed by atoms with van der Waals surface area (Å²) in [4.78, 5) is 23.7. The van der Waals surface area contributed by atoms with Crippen molar-refractivity contribution in [3.8, 4) is 11.5 Å². The molecular formula is C13H15NO5. The van der Waals surface area contributed by atoms with E-state index in [-0.39, 0.29) is 32.1 Å². The van der Waals surface area contributed by atoms with Gasteiger partial charge < -0.3 is 19.5 Å². The van der Waals surface area contributed by atoms with E-state index in [1.54, 1.807) is 25.2 Å². The lowest BCUT2D eigenvalue weighted by Crippen LogP contribution is -2.30. The lowest BCUT2D eigenvalue weighted by molar-refractivity contribution is -0.138. The van der Waals surface area contributed by atoms with Gasteiger partial charge >= 0.3 is 5.97 Å². The Morgan fingerprint density at radius 1 is 1.32 bits per heavy atom. The highest BCUT2D eigenvalue weighted by molar-refractivity contribution is 5.79. The molecule has 1 amide bonds. The molecule has 1 aliphatic rings. The second-order valence-corrected chi connectivity index (χ2v) is 4.32. The van der Waals surface area contributed by atoms with Crippen LogP contribution in [0.25, 0.3) is 0 Å². The molecule has 0 radical (unpaired) electrons. The third-order valence-corrected chi connectivity index (χ3v) is 2.88. The van der Waals surface area contributed by atoms with Crippen LogP contribution < -0.4 is 9.47 Å². The van der Waals surface area contributed by atoms with Crippen molar-refractivity contribution in [2.45, 2.75) is 12.8 Å². The molecule has 1 aromatic rings. The number of carbonyl (C=O) groups is 2. The van der Waals surface area contributed by atoms with E-state index in [0.717, 1.165) is 5.56 Å². The van der Waals surface area contributed by atoms with Crippen LogP contribution in [-0.2, 0) is 16.0 Å². The van der Waals surface area contributed by atoms with Gasteiger partial charge in [-0.3, -0.25) is 9.59 Å². The van der Waals surface area contributed by atoms with E-state index in [0.29, 0.717) is 11.5 Å². The number of amides is 1. The number of hydrogen-bond acceptors (Lipinski definition) is 4. The number of aliphatic carboxylic acids is 1. The fourth-order valence-corrected chi connectivity index (χ4v) is 1.75. The van der Waals surface area contributed by atoms with E-state index in [4.69, 9.17) is 14.6 Å². The maximum atomic E-state index is 11.9. The van der Waals surface area contributed by atoms with Crippen LogP contribution in [-0.4, -0.2) is 42.3 Å². The van der Waals surface area contributed by atoms with Crippen LogP contribution in [0, 0.1) is 0 Å². The molecule has 0 saturated heterocycles. The number of fused-ring (bicyclic) bond motifs is 1. The minimum atomic E-state index is -0.914. The molecule has 0 bridgehead atoms. The highest BCUT2D eigenvalue weighted by atomic mass is 16.7. The van der Waals surface area contributed by atoms with E-state index in [9.17, 15) is 9.59 Å². The summed E-state index contributed by atoms with van der Waals surface area (Å²) in [6.45, 7) is 0.407. The zero-order valence-corrected chi connectivity index (χ0v) is 10.6. The Morgan fingerprint density at radius 2 is 2.05 bits per heavy atom. The highest BCUT2D eigenvalue weighted by Crippen LogP contribution is 2.32. The standard InChI is InChI=1S/C13H15NO5/c1-14(5-4-13(16)17)12(15)7-9-2-3-10-11(6-9)19-8-18-10/h2-3,6H,4-5,7-8H2,1H3,(H,16,17). The quantitative estimate of drug-likeness (QED) is 0.855. The van der Waals surface area contributed by atoms with Crippen molar-refractivity contribution in [3.05, 3.63) is 23.8 Å². The Hall–Kier alpha value is -2.24. The van der Waals surface area contributed by atoms with Crippen LogP contribution in [0.3, 0.4) is 0 Å². The molecule has 0 spiro atoms. The number of carboxylic acid groups (broad SMARTS) is 1. The molecule has 1 heterocycles. The maximum Gasteiger partial charge on any atom is 0.305 e. The first-order valence-electron chi connectivity index (χ1n) is 5.90. The number of rotatable bonds is 5. The summed E-state index contributed by atoms with van der Waals surface area (Å²) in [5.41, 5.74) is 0.816. The zero-order chi connectivity index (χ0) is 13.8. The molecule has 19 heavy (non-hydrogen) atoms. The first-order chi connectivity index (χ1) is 9.06. The number of ether oxygens (including phenoxy) is 2. The molecule has 0 aliphatic carbocycles. The molecule has 1 N–H and O–H groups in total. The predicted octanol–water partition coefficient (Wildman–Crippen LogP) is 0.891. The third-order valence-electron chi connectivity index (χ3n) is 2.88. The molecule has 2 rings (SSSR count). The van der Waals surface area contributed by atoms with Crippen LogP contribution in [0.4, 0.5) is 0 Å². The molecule has 0 aromatic heterocycles. The topological polar surface area (TPSA) is 76.1 Å². The van der Waals surface area contributed by atoms with Gasteiger partial charge in [0.15, 0.2) is 11.5 Å². The number of likely N-dealkylation sites (N-methyl/N-ethyl adjacent to an activating group) is 1. The molecule has 0 unspecified atom stereocenters. The summed E-state index contributed by atoms with van der Waals surface area (Å²) >= 11 is 0. The van der Waals surface area contributed by atoms with Crippen molar-refractivity contribution in [1.29, 1.82) is 0 Å². The summed E-state index contributed by atoms with van der Waals surface area (Å²) in [6, 6.07) is 5.34. The molecule has 1 aromatic carbocycles. The van der Waals surface area contributed by atoms with Crippen molar-refractivity contribution in [3.63, 3.8) is 0 Å². The van der Waals surface area contributed by atoms with E-state index in [1.807, 2.05) is 0 Å². The molecule has 0 atom stereocenters. The van der Waals surface area contributed by atoms with Gasteiger partial charge in [-0.15, -0.1) is 0 Å². The van der Waals surface area contributed by atoms with Crippen LogP contribution in [0.5, 0.6) is 11.5 Å². The molecule has 102 valence electrons. The number of carbonyl (C=O) groups excluding carboxylic acids is 1. The zero-order valence-electron chi connectivity index (χ0n) is 10.6. The highest BCUT2D eigenvalue weighted by Gasteiger charge is 2.16. The Balaban J connectivity index is 1.93. The van der Waals surface area contributed by atoms with Crippen molar-refractivity contribution in [1.82, 2.24) is 4.90 Å². The lowest BCUT2D eigenvalue weighted by Gasteiger charge is -2.16. The number of carboxylic acids is 1. The maximum absolute atomic E-state index is 11.9. The van der Waals surface area contributed by atoms with Gasteiger partial charge in [-0.1, -0.05) is 6.07 Å². The molecular weight excluding hydrogens is 250 g/mol. The van der Waals surface area contributed by atoms with E-state index >= 15 is 0 Å². The summed E-state index contributed by atoms with van der Waals surface area (Å²) in [5.74, 6) is 0.275. The smallest absolute Gasteiger partial charge is 0.305 e. The number of hydrogen-bond donors (Lipinski definition) is 1. The lowest BCUT2D eigenvalue weighted by atomic mass is 10.1. The van der Waals surface area contributed by atoms with Crippen LogP contribution >= 0.6 is 0 Å². The van der Waals surface area contributed by atoms with Gasteiger partial charge in [0, 0.05) is 13.6 Å². The normalized spacial score (nSPS) is 12.3. The SMILES string of the molecule is CN(CCC(=O)O)C(=O)Cc1ccc2c(c1)OCO2. The van der Waals surface area contributed by atoms with Gasteiger partial charge in [0.1, 0.15) is 0 Å². The van der Waals surface area contributed by atoms with Gasteiger partial charge in [-0.25, -0.2) is 0 Å². The minimum Gasteiger partial charge on any atom is -0.481 e. The Bertz CT molecular complexity index is 500. The van der Waals surface area contributed by atoms with Gasteiger partial charge in [0.05, 0.1) is 12.8 Å². The van der Waals surface area contributed by atoms with Gasteiger partial charge in [0.25, 0.3) is 0 Å². The number of benzene rings is 1. The summed E-state index contributed by atoms with van der Waals surface area (Å²) in [7, 11) is 1.60. The second-order valence-electron chi connectivity index (χ2n) is 4.32. The predicted molar refractivity (Wildman–Crippen MR) is 66.2 cm³/mol. The van der Waals surface area contributed by atoms with Gasteiger partial charge in [0.2, 0.25) is 12.7 Å². The molecule has 0 saturated carbocycles. The Labute approximate surface area is 110 Å². The van der Waals surface area contributed by atoms with Crippen molar-refractivity contribution in [2.24, 2.45) is 0 Å². The first-order valence-corrected chi connectivity index (χ1v) is 5.90. The van der Waals surface area contributed by atoms with E-state index in [2.05, 4.69) is 0 Å². The van der Waals surface area contributed by atoms with Gasteiger partial charge in [-0.2, -0.15) is 0 Å². The fraction of sp³-hybridized carbons (Fsp3) is 0.385. The van der Waals surface area contributed by atoms with Gasteiger partial charge in [-0.05, 0) is 17.7 Å². The molecule has 0 fully saturated rings. The second kappa shape index (κ2) is 5.60. The molecule has 6 heteroatoms. The Morgan fingerprint density at radius 3 is 2.79 bits per heavy atom. The van der Waals surface area contributed by atoms with Crippen molar-refractivity contribution < 1.29 is 24.2 Å². The fourth-order valence-electron chi connectivity index (χ4n) is 1.75. The van der Waals surface area contributed by atoms with E-state index < -0.39 is 5.97 Å². The average molecular weight is 265 g/mol. The van der Waals surface area contributed by atoms with Crippen LogP contribution in [0.1, 0.15) is 12.0 Å². The largest absolute Gasteiger partial charge is 0.481 e. The first kappa shape index (κ1) is 13.2. The third kappa shape index (κ3) is 3.37. The van der Waals surface area contributed by atoms with E-state index in [1.165, 1.54) is 4.90 Å².